The third-order valence-electron chi connectivity index (χ3n) is 6.07. The first kappa shape index (κ1) is 20.8. The van der Waals surface area contributed by atoms with Gasteiger partial charge in [0.25, 0.3) is 0 Å². The smallest absolute Gasteiger partial charge is 0.251 e. The van der Waals surface area contributed by atoms with Crippen molar-refractivity contribution in [3.63, 3.8) is 0 Å². The first-order chi connectivity index (χ1) is 17.2. The normalized spacial score (nSPS) is 11.0. The van der Waals surface area contributed by atoms with Gasteiger partial charge in [-0.2, -0.15) is 4.98 Å². The first-order valence-corrected chi connectivity index (χ1v) is 11.5. The van der Waals surface area contributed by atoms with E-state index in [1.54, 1.807) is 0 Å². The number of rotatable bonds is 4. The number of fused-ring (bicyclic) bond motifs is 1. The van der Waals surface area contributed by atoms with E-state index in [9.17, 15) is 4.79 Å². The summed E-state index contributed by atoms with van der Waals surface area (Å²) in [6.45, 7) is 0. The van der Waals surface area contributed by atoms with Crippen molar-refractivity contribution in [2.24, 2.45) is 0 Å². The summed E-state index contributed by atoms with van der Waals surface area (Å²) in [5.41, 5.74) is 7.49. The lowest BCUT2D eigenvalue weighted by molar-refractivity contribution is 0.949. The molecule has 6 aromatic rings. The molecule has 0 saturated carbocycles. The number of nitrogens with zero attached hydrogens (tertiary/aromatic N) is 3. The number of hydrogen-bond acceptors (Lipinski definition) is 3. The summed E-state index contributed by atoms with van der Waals surface area (Å²) in [7, 11) is 0. The second-order valence-electron chi connectivity index (χ2n) is 8.37. The molecule has 0 aliphatic heterocycles. The van der Waals surface area contributed by atoms with Gasteiger partial charge in [-0.05, 0) is 63.7 Å². The van der Waals surface area contributed by atoms with Gasteiger partial charge in [-0.3, -0.25) is 4.40 Å². The Morgan fingerprint density at radius 3 is 1.49 bits per heavy atom. The number of pyridine rings is 1. The van der Waals surface area contributed by atoms with Crippen LogP contribution in [-0.2, 0) is 0 Å². The zero-order chi connectivity index (χ0) is 23.6. The molecule has 35 heavy (non-hydrogen) atoms. The lowest BCUT2D eigenvalue weighted by Crippen LogP contribution is -2.19. The topological polar surface area (TPSA) is 47.3 Å². The Kier molecular flexibility index (Phi) is 5.24. The zero-order valence-corrected chi connectivity index (χ0v) is 18.9. The second-order valence-corrected chi connectivity index (χ2v) is 8.37. The van der Waals surface area contributed by atoms with Crippen LogP contribution in [0.15, 0.2) is 132 Å². The third kappa shape index (κ3) is 4.13. The predicted octanol–water partition coefficient (Wildman–Crippen LogP) is 6.76. The van der Waals surface area contributed by atoms with Crippen LogP contribution in [0.2, 0.25) is 0 Å². The molecular formula is C31H21N3O. The van der Waals surface area contributed by atoms with Crippen LogP contribution in [0, 0.1) is 0 Å². The summed E-state index contributed by atoms with van der Waals surface area (Å²) in [5, 5.41) is 0. The van der Waals surface area contributed by atoms with Crippen molar-refractivity contribution in [3.05, 3.63) is 138 Å². The molecule has 0 aliphatic carbocycles. The van der Waals surface area contributed by atoms with Crippen LogP contribution in [0.25, 0.3) is 50.4 Å². The van der Waals surface area contributed by atoms with Gasteiger partial charge >= 0.3 is 5.69 Å². The Bertz CT molecular complexity index is 1640. The molecule has 2 heterocycles. The molecule has 0 aliphatic rings. The summed E-state index contributed by atoms with van der Waals surface area (Å²) in [5.74, 6) is 0.431. The van der Waals surface area contributed by atoms with E-state index in [2.05, 4.69) is 52.4 Å². The number of hydrogen-bond donors (Lipinski definition) is 0. The molecule has 4 nitrogen and oxygen atoms in total. The van der Waals surface area contributed by atoms with E-state index in [0.29, 0.717) is 11.5 Å². The Morgan fingerprint density at radius 2 is 0.943 bits per heavy atom. The maximum Gasteiger partial charge on any atom is 0.355 e. The Balaban J connectivity index is 1.51. The van der Waals surface area contributed by atoms with Crippen molar-refractivity contribution in [1.82, 2.24) is 14.4 Å². The van der Waals surface area contributed by atoms with E-state index in [-0.39, 0.29) is 5.69 Å². The molecule has 0 atom stereocenters. The van der Waals surface area contributed by atoms with E-state index in [0.717, 1.165) is 38.9 Å². The van der Waals surface area contributed by atoms with Gasteiger partial charge in [0, 0.05) is 11.8 Å². The fourth-order valence-electron chi connectivity index (χ4n) is 4.29. The van der Waals surface area contributed by atoms with Crippen LogP contribution in [0.3, 0.4) is 0 Å². The van der Waals surface area contributed by atoms with E-state index in [1.807, 2.05) is 85.1 Å². The highest BCUT2D eigenvalue weighted by molar-refractivity contribution is 5.81. The van der Waals surface area contributed by atoms with Gasteiger partial charge in [0.2, 0.25) is 0 Å². The molecule has 0 fully saturated rings. The number of aromatic nitrogens is 3. The lowest BCUT2D eigenvalue weighted by atomic mass is 9.94. The molecule has 0 spiro atoms. The molecule has 0 bridgehead atoms. The molecule has 4 aromatic carbocycles. The average molecular weight is 452 g/mol. The molecule has 6 rings (SSSR count). The summed E-state index contributed by atoms with van der Waals surface area (Å²) < 4.78 is 1.51. The van der Waals surface area contributed by atoms with Crippen molar-refractivity contribution >= 4 is 5.65 Å². The van der Waals surface area contributed by atoms with Crippen LogP contribution in [0.5, 0.6) is 0 Å². The van der Waals surface area contributed by atoms with E-state index in [1.165, 1.54) is 4.40 Å². The van der Waals surface area contributed by atoms with Crippen molar-refractivity contribution < 1.29 is 0 Å². The highest BCUT2D eigenvalue weighted by Crippen LogP contribution is 2.33. The van der Waals surface area contributed by atoms with Crippen molar-refractivity contribution in [2.45, 2.75) is 0 Å². The molecule has 0 saturated heterocycles. The number of benzene rings is 4. The first-order valence-electron chi connectivity index (χ1n) is 11.5. The molecule has 166 valence electrons. The maximum atomic E-state index is 12.9. The van der Waals surface area contributed by atoms with E-state index >= 15 is 0 Å². The van der Waals surface area contributed by atoms with Crippen LogP contribution < -0.4 is 5.69 Å². The van der Waals surface area contributed by atoms with Gasteiger partial charge in [0.05, 0.1) is 0 Å². The van der Waals surface area contributed by atoms with Gasteiger partial charge in [-0.25, -0.2) is 9.78 Å². The summed E-state index contributed by atoms with van der Waals surface area (Å²) in [6, 6.07) is 40.6. The molecule has 0 amide bonds. The molecule has 0 radical (unpaired) electrons. The van der Waals surface area contributed by atoms with E-state index in [4.69, 9.17) is 0 Å². The Hall–Kier alpha value is -4.83. The molecule has 0 N–H and O–H groups in total. The maximum absolute atomic E-state index is 12.9. The highest BCUT2D eigenvalue weighted by Gasteiger charge is 2.10. The van der Waals surface area contributed by atoms with Crippen LogP contribution in [0.4, 0.5) is 0 Å². The quantitative estimate of drug-likeness (QED) is 0.298. The second kappa shape index (κ2) is 8.84. The summed E-state index contributed by atoms with van der Waals surface area (Å²) >= 11 is 0. The Labute approximate surface area is 202 Å². The van der Waals surface area contributed by atoms with Gasteiger partial charge in [-0.15, -0.1) is 0 Å². The summed E-state index contributed by atoms with van der Waals surface area (Å²) in [4.78, 5) is 21.8. The zero-order valence-electron chi connectivity index (χ0n) is 18.9. The summed E-state index contributed by atoms with van der Waals surface area (Å²) in [6.07, 6.45) is 1.82. The highest BCUT2D eigenvalue weighted by atomic mass is 16.1. The van der Waals surface area contributed by atoms with E-state index < -0.39 is 0 Å². The largest absolute Gasteiger partial charge is 0.355 e. The molecule has 2 aromatic heterocycles. The standard InChI is InChI=1S/C31H21N3O/c35-31-33-30(24-14-8-3-9-15-24)32-29-17-16-25(21-34(29)31)28-19-26(22-10-4-1-5-11-22)18-27(20-28)23-12-6-2-7-13-23/h1-21H. The van der Waals surface area contributed by atoms with Crippen molar-refractivity contribution in [3.8, 4) is 44.8 Å². The predicted molar refractivity (Wildman–Crippen MR) is 141 cm³/mol. The van der Waals surface area contributed by atoms with Crippen LogP contribution in [0.1, 0.15) is 0 Å². The fraction of sp³-hybridized carbons (Fsp3) is 0. The van der Waals surface area contributed by atoms with Crippen LogP contribution >= 0.6 is 0 Å². The fourth-order valence-corrected chi connectivity index (χ4v) is 4.29. The van der Waals surface area contributed by atoms with Gasteiger partial charge in [0.15, 0.2) is 5.82 Å². The van der Waals surface area contributed by atoms with Gasteiger partial charge in [0.1, 0.15) is 5.65 Å². The van der Waals surface area contributed by atoms with Gasteiger partial charge in [-0.1, -0.05) is 91.0 Å². The third-order valence-corrected chi connectivity index (χ3v) is 6.07. The SMILES string of the molecule is O=c1nc(-c2ccccc2)nc2ccc(-c3cc(-c4ccccc4)cc(-c4ccccc4)c3)cn12. The van der Waals surface area contributed by atoms with Gasteiger partial charge < -0.3 is 0 Å². The molecule has 4 heteroatoms. The molecule has 0 unspecified atom stereocenters. The molecular weight excluding hydrogens is 430 g/mol. The lowest BCUT2D eigenvalue weighted by Gasteiger charge is -2.12. The average Bonchev–Trinajstić information content (AvgIpc) is 2.94. The Morgan fingerprint density at radius 1 is 0.457 bits per heavy atom. The van der Waals surface area contributed by atoms with Crippen molar-refractivity contribution in [2.75, 3.05) is 0 Å². The minimum Gasteiger partial charge on any atom is -0.251 e. The monoisotopic (exact) mass is 451 g/mol. The van der Waals surface area contributed by atoms with Crippen molar-refractivity contribution in [1.29, 1.82) is 0 Å². The minimum atomic E-state index is -0.349. The minimum absolute atomic E-state index is 0.349. The van der Waals surface area contributed by atoms with Crippen LogP contribution in [-0.4, -0.2) is 14.4 Å².